The monoisotopic (exact) mass is 822 g/mol. The van der Waals surface area contributed by atoms with Gasteiger partial charge in [0.2, 0.25) is 0 Å². The van der Waals surface area contributed by atoms with Crippen molar-refractivity contribution in [1.29, 1.82) is 5.41 Å². The van der Waals surface area contributed by atoms with Crippen LogP contribution in [-0.2, 0) is 26.2 Å². The summed E-state index contributed by atoms with van der Waals surface area (Å²) in [5, 5.41) is 31.0. The molecule has 0 radical (unpaired) electrons. The highest BCUT2D eigenvalue weighted by atomic mass is 16.5. The van der Waals surface area contributed by atoms with Crippen LogP contribution in [0.25, 0.3) is 0 Å². The predicted molar refractivity (Wildman–Crippen MR) is 233 cm³/mol. The number of nitrogens with one attached hydrogen (secondary N) is 2. The van der Waals surface area contributed by atoms with E-state index in [2.05, 4.69) is 97.2 Å². The van der Waals surface area contributed by atoms with E-state index in [9.17, 15) is 5.11 Å². The van der Waals surface area contributed by atoms with Crippen molar-refractivity contribution in [2.75, 3.05) is 46.1 Å². The maximum Gasteiger partial charge on any atom is 0.342 e. The van der Waals surface area contributed by atoms with Crippen molar-refractivity contribution in [3.05, 3.63) is 89.0 Å². The Morgan fingerprint density at radius 3 is 2.65 bits per heavy atom. The first-order valence-corrected chi connectivity index (χ1v) is 22.4. The lowest BCUT2D eigenvalue weighted by molar-refractivity contribution is -0.446. The van der Waals surface area contributed by atoms with Gasteiger partial charge in [0.1, 0.15) is 18.0 Å². The van der Waals surface area contributed by atoms with E-state index in [0.717, 1.165) is 81.1 Å². The number of nitrogens with two attached hydrogens (primary N) is 1. The van der Waals surface area contributed by atoms with Crippen LogP contribution < -0.4 is 16.2 Å². The molecule has 2 aromatic rings. The normalized spacial score (nSPS) is 29.7. The average molecular weight is 822 g/mol. The maximum absolute atomic E-state index is 13.6. The third-order valence-electron chi connectivity index (χ3n) is 13.6. The van der Waals surface area contributed by atoms with Gasteiger partial charge in [-0.3, -0.25) is 19.5 Å². The van der Waals surface area contributed by atoms with Crippen LogP contribution in [0, 0.1) is 5.41 Å². The number of benzene rings is 1. The number of amidine groups is 2. The molecule has 5 heterocycles. The van der Waals surface area contributed by atoms with Crippen molar-refractivity contribution in [2.24, 2.45) is 10.7 Å². The van der Waals surface area contributed by atoms with Gasteiger partial charge in [0.05, 0.1) is 69.0 Å². The molecule has 0 spiro atoms. The number of aromatic nitrogens is 2. The Labute approximate surface area is 356 Å². The van der Waals surface area contributed by atoms with Gasteiger partial charge in [-0.05, 0) is 101 Å². The molecule has 324 valence electrons. The zero-order valence-corrected chi connectivity index (χ0v) is 36.4. The molecule has 8 rings (SSSR count). The fourth-order valence-corrected chi connectivity index (χ4v) is 9.96. The molecule has 0 amide bonds. The van der Waals surface area contributed by atoms with Gasteiger partial charge < -0.3 is 30.4 Å². The molecule has 5 unspecified atom stereocenters. The fraction of sp³-hybridized carbons (Fsp3) is 0.617. The summed E-state index contributed by atoms with van der Waals surface area (Å²) in [6, 6.07) is 11.3. The molecule has 13 heteroatoms. The van der Waals surface area contributed by atoms with Crippen LogP contribution in [0.1, 0.15) is 127 Å². The number of guanidine groups is 1. The first-order valence-electron chi connectivity index (χ1n) is 22.4. The minimum absolute atomic E-state index is 0.0336. The Hall–Kier alpha value is -4.46. The fourth-order valence-electron chi connectivity index (χ4n) is 9.96. The highest BCUT2D eigenvalue weighted by molar-refractivity contribution is 5.92. The van der Waals surface area contributed by atoms with Crippen molar-refractivity contribution in [1.82, 2.24) is 24.9 Å². The second-order valence-corrected chi connectivity index (χ2v) is 19.0. The molecule has 0 saturated carbocycles. The first kappa shape index (κ1) is 42.2. The summed E-state index contributed by atoms with van der Waals surface area (Å²) in [6.45, 7) is 16.1. The molecule has 3 saturated heterocycles. The molecular weight excluding hydrogens is 755 g/mol. The van der Waals surface area contributed by atoms with Crippen molar-refractivity contribution >= 4 is 17.8 Å². The number of morpholine rings is 1. The number of piperidine rings is 1. The molecule has 6 aliphatic rings. The molecule has 3 fully saturated rings. The quantitative estimate of drug-likeness (QED) is 0.154. The number of allylic oxidation sites excluding steroid dienone is 3. The van der Waals surface area contributed by atoms with Crippen LogP contribution in [0.15, 0.2) is 71.5 Å². The lowest BCUT2D eigenvalue weighted by Gasteiger charge is -2.38. The Kier molecular flexibility index (Phi) is 12.6. The molecule has 1 aromatic heterocycles. The highest BCUT2D eigenvalue weighted by Gasteiger charge is 2.38. The lowest BCUT2D eigenvalue weighted by Crippen LogP contribution is -2.54. The summed E-state index contributed by atoms with van der Waals surface area (Å²) in [6.07, 6.45) is 18.5. The molecule has 2 aliphatic carbocycles. The molecule has 4 aliphatic heterocycles. The van der Waals surface area contributed by atoms with Gasteiger partial charge in [0.25, 0.3) is 0 Å². The van der Waals surface area contributed by atoms with E-state index in [0.29, 0.717) is 49.7 Å². The first-order chi connectivity index (χ1) is 28.8. The van der Waals surface area contributed by atoms with Crippen LogP contribution in [0.4, 0.5) is 0 Å². The van der Waals surface area contributed by atoms with E-state index in [1.54, 1.807) is 0 Å². The Bertz CT molecular complexity index is 2010. The molecule has 4 N–H and O–H groups in total. The molecule has 60 heavy (non-hydrogen) atoms. The van der Waals surface area contributed by atoms with Gasteiger partial charge in [-0.25, -0.2) is 4.58 Å². The average Bonchev–Trinajstić information content (AvgIpc) is 3.77. The van der Waals surface area contributed by atoms with Crippen LogP contribution in [-0.4, -0.2) is 112 Å². The summed E-state index contributed by atoms with van der Waals surface area (Å²) in [4.78, 5) is 9.31. The molecule has 13 nitrogen and oxygen atoms in total. The Morgan fingerprint density at radius 2 is 1.88 bits per heavy atom. The van der Waals surface area contributed by atoms with Crippen molar-refractivity contribution in [3.8, 4) is 0 Å². The Balaban J connectivity index is 0.897. The summed E-state index contributed by atoms with van der Waals surface area (Å²) < 4.78 is 22.7. The second-order valence-electron chi connectivity index (χ2n) is 19.0. The maximum atomic E-state index is 13.6. The topological polar surface area (TPSA) is 152 Å². The molecule has 2 bridgehead atoms. The van der Waals surface area contributed by atoms with Crippen molar-refractivity contribution in [2.45, 2.75) is 140 Å². The minimum Gasteiger partial charge on any atom is -0.846 e. The van der Waals surface area contributed by atoms with Gasteiger partial charge in [-0.1, -0.05) is 51.1 Å². The van der Waals surface area contributed by atoms with Crippen molar-refractivity contribution < 1.29 is 23.9 Å². The number of hydrogen-bond acceptors (Lipinski definition) is 9. The molecule has 7 atom stereocenters. The standard InChI is InChI=1S/C47H67N9O4/c1-32-11-8-9-22-53(32)44(49)55-31-47(5,21-20-43(55)48)60-28-33-16-19-41(40-15-7-6-14-39(33)40)51-45(57)50-27-37-26-42(46(2,3)4)52-56(37)34-12-10-13-38(25-34)59-24-23-54-35-17-18-36(54)30-58-29-35/h6-7,10,13-15,20-21,25-26,32-36,41,48-49H,8-9,11-12,16-19,22-24,27-31H2,1-5H3,(H2,50,51,57)/t32-,33?,34?,35?,36?,41-,47?/m0/s1. The van der Waals surface area contributed by atoms with E-state index in [4.69, 9.17) is 30.5 Å². The van der Waals surface area contributed by atoms with E-state index in [1.165, 1.54) is 24.8 Å². The van der Waals surface area contributed by atoms with E-state index < -0.39 is 5.60 Å². The number of rotatable bonds is 11. The third-order valence-corrected chi connectivity index (χ3v) is 13.6. The van der Waals surface area contributed by atoms with Gasteiger partial charge in [0, 0.05) is 42.1 Å². The van der Waals surface area contributed by atoms with Gasteiger partial charge in [-0.15, -0.1) is 0 Å². The Morgan fingerprint density at radius 1 is 1.10 bits per heavy atom. The van der Waals surface area contributed by atoms with E-state index in [1.807, 2.05) is 27.5 Å². The summed E-state index contributed by atoms with van der Waals surface area (Å²) in [5.74, 6) is 2.06. The van der Waals surface area contributed by atoms with Crippen LogP contribution >= 0.6 is 0 Å². The summed E-state index contributed by atoms with van der Waals surface area (Å²) in [7, 11) is 0. The van der Waals surface area contributed by atoms with Crippen molar-refractivity contribution in [3.63, 3.8) is 0 Å². The number of aliphatic imine (C=N–C) groups is 1. The van der Waals surface area contributed by atoms with Crippen LogP contribution in [0.3, 0.4) is 0 Å². The largest absolute Gasteiger partial charge is 0.846 e. The lowest BCUT2D eigenvalue weighted by atomic mass is 9.80. The highest BCUT2D eigenvalue weighted by Crippen LogP contribution is 2.39. The third kappa shape index (κ3) is 9.38. The number of fused-ring (bicyclic) bond motifs is 3. The second kappa shape index (κ2) is 17.9. The van der Waals surface area contributed by atoms with Crippen LogP contribution in [0.2, 0.25) is 0 Å². The van der Waals surface area contributed by atoms with Gasteiger partial charge >= 0.3 is 5.96 Å². The van der Waals surface area contributed by atoms with E-state index >= 15 is 0 Å². The molecule has 1 aromatic carbocycles. The SMILES string of the molecule is C[C@H]1CCCCN1C(=N)[N+]1=C(N)C=CC(C)(OCC2CC[C@H](NC([O-])=NCc3cc(C(C)(C)C)nn3C3C=C(OCCN4C5CCC4COC5)C=CC3)c3ccccc32)C1. The smallest absolute Gasteiger partial charge is 0.342 e. The number of likely N-dealkylation sites (tertiary alicyclic amines) is 1. The van der Waals surface area contributed by atoms with Crippen LogP contribution in [0.5, 0.6) is 0 Å². The van der Waals surface area contributed by atoms with Gasteiger partial charge in [-0.2, -0.15) is 10.5 Å². The summed E-state index contributed by atoms with van der Waals surface area (Å²) in [5.41, 5.74) is 9.85. The zero-order valence-electron chi connectivity index (χ0n) is 36.4. The van der Waals surface area contributed by atoms with Gasteiger partial charge in [0.15, 0.2) is 5.84 Å². The number of hydrogen-bond donors (Lipinski definition) is 3. The zero-order chi connectivity index (χ0) is 42.0. The predicted octanol–water partition coefficient (Wildman–Crippen LogP) is 5.39. The number of nitrogens with zero attached hydrogens (tertiary/aromatic N) is 6. The number of ether oxygens (including phenoxy) is 3. The minimum atomic E-state index is -0.604. The summed E-state index contributed by atoms with van der Waals surface area (Å²) >= 11 is 0. The van der Waals surface area contributed by atoms with E-state index in [-0.39, 0.29) is 36.0 Å². The molecular formula is C47H67N9O4.